The number of H-pyrrole nitrogens is 1. The minimum Gasteiger partial charge on any atom is -0.374 e. The van der Waals surface area contributed by atoms with E-state index in [0.29, 0.717) is 29.0 Å². The summed E-state index contributed by atoms with van der Waals surface area (Å²) >= 11 is 5.99. The summed E-state index contributed by atoms with van der Waals surface area (Å²) in [6, 6.07) is 9.34. The highest BCUT2D eigenvalue weighted by Crippen LogP contribution is 2.20. The van der Waals surface area contributed by atoms with Gasteiger partial charge in [-0.3, -0.25) is 5.10 Å². The van der Waals surface area contributed by atoms with Gasteiger partial charge in [0.15, 0.2) is 5.82 Å². The van der Waals surface area contributed by atoms with Crippen molar-refractivity contribution >= 4 is 17.3 Å². The zero-order chi connectivity index (χ0) is 19.1. The van der Waals surface area contributed by atoms with Crippen molar-refractivity contribution in [3.63, 3.8) is 0 Å². The van der Waals surface area contributed by atoms with Crippen molar-refractivity contribution < 1.29 is 0 Å². The quantitative estimate of drug-likeness (QED) is 0.486. The molecule has 3 N–H and O–H groups in total. The van der Waals surface area contributed by atoms with Gasteiger partial charge in [-0.2, -0.15) is 5.10 Å². The van der Waals surface area contributed by atoms with Gasteiger partial charge in [-0.05, 0) is 49.2 Å². The molecule has 7 nitrogen and oxygen atoms in total. The van der Waals surface area contributed by atoms with Crippen LogP contribution >= 0.6 is 11.6 Å². The molecule has 8 heteroatoms. The molecule has 0 aliphatic rings. The largest absolute Gasteiger partial charge is 0.374 e. The van der Waals surface area contributed by atoms with E-state index < -0.39 is 0 Å². The van der Waals surface area contributed by atoms with E-state index in [1.807, 2.05) is 24.3 Å². The van der Waals surface area contributed by atoms with Crippen LogP contribution in [-0.2, 0) is 0 Å². The van der Waals surface area contributed by atoms with Crippen molar-refractivity contribution in [2.45, 2.75) is 26.3 Å². The number of anilines is 1. The Balaban J connectivity index is 1.74. The summed E-state index contributed by atoms with van der Waals surface area (Å²) in [5, 5.41) is 15.0. The van der Waals surface area contributed by atoms with Crippen LogP contribution in [0.4, 0.5) is 5.69 Å². The first kappa shape index (κ1) is 19.3. The average Bonchev–Trinajstić information content (AvgIpc) is 3.16. The Labute approximate surface area is 164 Å². The number of nitrogens with zero attached hydrogens (tertiary/aromatic N) is 4. The highest BCUT2D eigenvalue weighted by Gasteiger charge is 2.17. The van der Waals surface area contributed by atoms with Crippen molar-refractivity contribution in [2.75, 3.05) is 18.4 Å². The van der Waals surface area contributed by atoms with Crippen molar-refractivity contribution in [1.29, 1.82) is 0 Å². The Morgan fingerprint density at radius 2 is 1.96 bits per heavy atom. The summed E-state index contributed by atoms with van der Waals surface area (Å²) in [6.07, 6.45) is 4.29. The van der Waals surface area contributed by atoms with Crippen LogP contribution in [0.5, 0.6) is 0 Å². The van der Waals surface area contributed by atoms with Gasteiger partial charge in [0.05, 0.1) is 6.04 Å². The van der Waals surface area contributed by atoms with E-state index in [-0.39, 0.29) is 6.04 Å². The van der Waals surface area contributed by atoms with Crippen molar-refractivity contribution in [1.82, 2.24) is 30.5 Å². The number of hydrogen-bond acceptors (Lipinski definition) is 6. The molecular weight excluding hydrogens is 362 g/mol. The molecule has 0 aliphatic heterocycles. The molecular formula is C19H24ClN7. The molecule has 0 amide bonds. The third-order valence-electron chi connectivity index (χ3n) is 4.08. The first-order valence-corrected chi connectivity index (χ1v) is 9.41. The number of halogens is 1. The number of benzene rings is 1. The molecule has 0 fully saturated rings. The molecule has 1 atom stereocenters. The highest BCUT2D eigenvalue weighted by molar-refractivity contribution is 6.30. The standard InChI is InChI=1S/C19H24ClN7/c1-13(2)7-9-21-11-17(24-15-5-3-14(20)4-6-15)19-25-18(26-27-19)16-8-10-22-12-23-16/h3-6,8,10,12-13,17,21,24H,7,9,11H2,1-2H3,(H,25,26,27). The normalized spacial score (nSPS) is 12.3. The maximum atomic E-state index is 5.99. The Morgan fingerprint density at radius 1 is 1.15 bits per heavy atom. The van der Waals surface area contributed by atoms with Crippen LogP contribution < -0.4 is 10.6 Å². The average molecular weight is 386 g/mol. The minimum atomic E-state index is -0.0681. The predicted molar refractivity (Wildman–Crippen MR) is 108 cm³/mol. The van der Waals surface area contributed by atoms with E-state index in [9.17, 15) is 0 Å². The summed E-state index contributed by atoms with van der Waals surface area (Å²) in [5.74, 6) is 1.96. The van der Waals surface area contributed by atoms with Gasteiger partial charge >= 0.3 is 0 Å². The molecule has 3 aromatic rings. The summed E-state index contributed by atoms with van der Waals surface area (Å²) in [6.45, 7) is 6.10. The van der Waals surface area contributed by atoms with Gasteiger partial charge in [0.25, 0.3) is 0 Å². The molecule has 0 spiro atoms. The smallest absolute Gasteiger partial charge is 0.199 e. The van der Waals surface area contributed by atoms with Gasteiger partial charge in [0.2, 0.25) is 0 Å². The summed E-state index contributed by atoms with van der Waals surface area (Å²) in [5.41, 5.74) is 1.65. The minimum absolute atomic E-state index is 0.0681. The first-order chi connectivity index (χ1) is 13.1. The third kappa shape index (κ3) is 5.74. The lowest BCUT2D eigenvalue weighted by Gasteiger charge is -2.19. The molecule has 0 bridgehead atoms. The van der Waals surface area contributed by atoms with E-state index in [0.717, 1.165) is 24.5 Å². The van der Waals surface area contributed by atoms with Gasteiger partial charge < -0.3 is 10.6 Å². The molecule has 1 unspecified atom stereocenters. The Kier molecular flexibility index (Phi) is 6.73. The molecule has 142 valence electrons. The zero-order valence-electron chi connectivity index (χ0n) is 15.5. The van der Waals surface area contributed by atoms with Crippen LogP contribution in [0.2, 0.25) is 5.02 Å². The number of aromatic amines is 1. The number of nitrogens with one attached hydrogen (secondary N) is 3. The van der Waals surface area contributed by atoms with Gasteiger partial charge in [0, 0.05) is 23.5 Å². The van der Waals surface area contributed by atoms with E-state index >= 15 is 0 Å². The molecule has 3 rings (SSSR count). The van der Waals surface area contributed by atoms with Gasteiger partial charge in [0.1, 0.15) is 17.8 Å². The fourth-order valence-corrected chi connectivity index (χ4v) is 2.69. The molecule has 1 aromatic carbocycles. The van der Waals surface area contributed by atoms with Crippen LogP contribution in [0, 0.1) is 5.92 Å². The van der Waals surface area contributed by atoms with Crippen LogP contribution in [-0.4, -0.2) is 38.2 Å². The molecule has 0 saturated heterocycles. The fourth-order valence-electron chi connectivity index (χ4n) is 2.57. The van der Waals surface area contributed by atoms with Crippen LogP contribution in [0.15, 0.2) is 42.9 Å². The van der Waals surface area contributed by atoms with Crippen LogP contribution in [0.1, 0.15) is 32.1 Å². The topological polar surface area (TPSA) is 91.4 Å². The zero-order valence-corrected chi connectivity index (χ0v) is 16.2. The fraction of sp³-hybridized carbons (Fsp3) is 0.368. The van der Waals surface area contributed by atoms with Gasteiger partial charge in [-0.25, -0.2) is 15.0 Å². The van der Waals surface area contributed by atoms with E-state index in [4.69, 9.17) is 11.6 Å². The maximum Gasteiger partial charge on any atom is 0.199 e. The number of hydrogen-bond donors (Lipinski definition) is 3. The Morgan fingerprint density at radius 3 is 2.67 bits per heavy atom. The Hall–Kier alpha value is -2.51. The summed E-state index contributed by atoms with van der Waals surface area (Å²) < 4.78 is 0. The molecule has 2 aromatic heterocycles. The summed E-state index contributed by atoms with van der Waals surface area (Å²) in [4.78, 5) is 12.8. The molecule has 0 saturated carbocycles. The third-order valence-corrected chi connectivity index (χ3v) is 4.33. The lowest BCUT2D eigenvalue weighted by molar-refractivity contribution is 0.519. The first-order valence-electron chi connectivity index (χ1n) is 9.03. The lowest BCUT2D eigenvalue weighted by Crippen LogP contribution is -2.28. The maximum absolute atomic E-state index is 5.99. The lowest BCUT2D eigenvalue weighted by atomic mass is 10.1. The summed E-state index contributed by atoms with van der Waals surface area (Å²) in [7, 11) is 0. The van der Waals surface area contributed by atoms with Gasteiger partial charge in [-0.1, -0.05) is 25.4 Å². The van der Waals surface area contributed by atoms with Crippen molar-refractivity contribution in [2.24, 2.45) is 5.92 Å². The molecule has 27 heavy (non-hydrogen) atoms. The second kappa shape index (κ2) is 9.43. The molecule has 2 heterocycles. The highest BCUT2D eigenvalue weighted by atomic mass is 35.5. The number of rotatable bonds is 9. The van der Waals surface area contributed by atoms with E-state index in [1.54, 1.807) is 12.3 Å². The van der Waals surface area contributed by atoms with E-state index in [2.05, 4.69) is 49.6 Å². The monoisotopic (exact) mass is 385 g/mol. The molecule has 0 aliphatic carbocycles. The number of aromatic nitrogens is 5. The van der Waals surface area contributed by atoms with Crippen molar-refractivity contribution in [3.05, 3.63) is 53.7 Å². The second-order valence-corrected chi connectivity index (χ2v) is 7.17. The Bertz CT molecular complexity index is 818. The predicted octanol–water partition coefficient (Wildman–Crippen LogP) is 3.70. The SMILES string of the molecule is CC(C)CCNCC(Nc1ccc(Cl)cc1)c1nc(-c2ccncn2)n[nH]1. The molecule has 0 radical (unpaired) electrons. The van der Waals surface area contributed by atoms with Crippen molar-refractivity contribution in [3.8, 4) is 11.5 Å². The van der Waals surface area contributed by atoms with E-state index in [1.165, 1.54) is 6.33 Å². The van der Waals surface area contributed by atoms with Crippen LogP contribution in [0.25, 0.3) is 11.5 Å². The van der Waals surface area contributed by atoms with Crippen LogP contribution in [0.3, 0.4) is 0 Å². The van der Waals surface area contributed by atoms with Gasteiger partial charge in [-0.15, -0.1) is 0 Å². The second-order valence-electron chi connectivity index (χ2n) is 6.73.